The number of aliphatic hydroxyl groups is 1. The van der Waals surface area contributed by atoms with Gasteiger partial charge in [0.2, 0.25) is 0 Å². The van der Waals surface area contributed by atoms with Gasteiger partial charge in [-0.15, -0.1) is 0 Å². The van der Waals surface area contributed by atoms with Crippen LogP contribution in [0.4, 0.5) is 0 Å². The van der Waals surface area contributed by atoms with Gasteiger partial charge in [-0.25, -0.2) is 0 Å². The fourth-order valence-corrected chi connectivity index (χ4v) is 2.66. The van der Waals surface area contributed by atoms with Crippen LogP contribution in [0.5, 0.6) is 0 Å². The van der Waals surface area contributed by atoms with E-state index in [4.69, 9.17) is 0 Å². The van der Waals surface area contributed by atoms with Crippen LogP contribution in [0.2, 0.25) is 0 Å². The van der Waals surface area contributed by atoms with Crippen molar-refractivity contribution >= 4 is 21.7 Å². The highest BCUT2D eigenvalue weighted by molar-refractivity contribution is 9.09. The number of benzene rings is 1. The van der Waals surface area contributed by atoms with Gasteiger partial charge >= 0.3 is 0 Å². The Morgan fingerprint density at radius 2 is 2.31 bits per heavy atom. The van der Waals surface area contributed by atoms with Gasteiger partial charge in [-0.1, -0.05) is 28.1 Å². The smallest absolute Gasteiger partial charge is 0.173 e. The maximum atomic E-state index is 11.6. The molecule has 3 heteroatoms. The number of fused-ring (bicyclic) bond motifs is 1. The van der Waals surface area contributed by atoms with Crippen molar-refractivity contribution in [1.82, 2.24) is 0 Å². The molecule has 0 spiro atoms. The first-order valence-corrected chi connectivity index (χ1v) is 6.62. The monoisotopic (exact) mass is 282 g/mol. The molecule has 0 saturated heterocycles. The van der Waals surface area contributed by atoms with Gasteiger partial charge in [-0.2, -0.15) is 0 Å². The molecule has 1 aromatic carbocycles. The van der Waals surface area contributed by atoms with Gasteiger partial charge in [0.1, 0.15) is 0 Å². The Bertz CT molecular complexity index is 424. The maximum absolute atomic E-state index is 11.6. The molecule has 1 N–H and O–H groups in total. The third kappa shape index (κ3) is 2.06. The summed E-state index contributed by atoms with van der Waals surface area (Å²) in [6, 6.07) is 5.62. The van der Waals surface area contributed by atoms with Gasteiger partial charge in [0.05, 0.1) is 10.9 Å². The van der Waals surface area contributed by atoms with Crippen LogP contribution in [0.1, 0.15) is 41.3 Å². The number of Topliss-reactive ketones (excluding diaryl/α,β-unsaturated/α-hetero) is 1. The van der Waals surface area contributed by atoms with Crippen LogP contribution >= 0.6 is 15.9 Å². The molecule has 1 aliphatic rings. The van der Waals surface area contributed by atoms with E-state index in [0.717, 1.165) is 36.0 Å². The summed E-state index contributed by atoms with van der Waals surface area (Å²) >= 11 is 3.17. The van der Waals surface area contributed by atoms with Crippen LogP contribution < -0.4 is 0 Å². The maximum Gasteiger partial charge on any atom is 0.173 e. The second kappa shape index (κ2) is 4.30. The van der Waals surface area contributed by atoms with Gasteiger partial charge in [0.25, 0.3) is 0 Å². The molecule has 0 bridgehead atoms. The third-order valence-electron chi connectivity index (χ3n) is 3.24. The van der Waals surface area contributed by atoms with Crippen molar-refractivity contribution in [3.8, 4) is 0 Å². The van der Waals surface area contributed by atoms with E-state index in [1.165, 1.54) is 0 Å². The minimum absolute atomic E-state index is 0.0908. The van der Waals surface area contributed by atoms with Crippen molar-refractivity contribution in [2.45, 2.75) is 31.8 Å². The van der Waals surface area contributed by atoms with Gasteiger partial charge in [0, 0.05) is 5.56 Å². The molecule has 0 unspecified atom stereocenters. The van der Waals surface area contributed by atoms with Crippen LogP contribution in [0.25, 0.3) is 0 Å². The highest BCUT2D eigenvalue weighted by Crippen LogP contribution is 2.35. The molecule has 86 valence electrons. The van der Waals surface area contributed by atoms with Gasteiger partial charge in [-0.3, -0.25) is 4.79 Å². The number of ketones is 1. The number of aryl methyl sites for hydroxylation is 1. The van der Waals surface area contributed by atoms with E-state index < -0.39 is 5.60 Å². The van der Waals surface area contributed by atoms with Crippen molar-refractivity contribution in [2.24, 2.45) is 0 Å². The van der Waals surface area contributed by atoms with Crippen molar-refractivity contribution in [2.75, 3.05) is 5.33 Å². The van der Waals surface area contributed by atoms with Crippen molar-refractivity contribution in [3.05, 3.63) is 34.9 Å². The summed E-state index contributed by atoms with van der Waals surface area (Å²) in [4.78, 5) is 11.6. The number of halogens is 1. The Morgan fingerprint density at radius 3 is 3.00 bits per heavy atom. The zero-order valence-electron chi connectivity index (χ0n) is 9.29. The quantitative estimate of drug-likeness (QED) is 0.669. The van der Waals surface area contributed by atoms with Gasteiger partial charge in [-0.05, 0) is 43.4 Å². The summed E-state index contributed by atoms with van der Waals surface area (Å²) in [6.07, 6.45) is 2.73. The van der Waals surface area contributed by atoms with Crippen LogP contribution in [-0.2, 0) is 12.0 Å². The Kier molecular flexibility index (Phi) is 3.17. The van der Waals surface area contributed by atoms with E-state index >= 15 is 0 Å². The Labute approximate surface area is 104 Å². The first-order valence-electron chi connectivity index (χ1n) is 5.49. The highest BCUT2D eigenvalue weighted by Gasteiger charge is 2.29. The molecule has 0 aromatic heterocycles. The zero-order valence-corrected chi connectivity index (χ0v) is 10.9. The molecule has 1 aromatic rings. The van der Waals surface area contributed by atoms with Gasteiger partial charge in [0.15, 0.2) is 5.78 Å². The number of carbonyl (C=O) groups is 1. The van der Waals surface area contributed by atoms with E-state index in [1.54, 1.807) is 0 Å². The minimum Gasteiger partial charge on any atom is -0.385 e. The lowest BCUT2D eigenvalue weighted by Gasteiger charge is -2.31. The average Bonchev–Trinajstić information content (AvgIpc) is 2.27. The summed E-state index contributed by atoms with van der Waals surface area (Å²) < 4.78 is 0. The van der Waals surface area contributed by atoms with Crippen LogP contribution in [-0.4, -0.2) is 16.2 Å². The van der Waals surface area contributed by atoms with E-state index in [2.05, 4.69) is 15.9 Å². The molecular formula is C13H15BrO2. The zero-order chi connectivity index (χ0) is 11.8. The Morgan fingerprint density at radius 1 is 1.56 bits per heavy atom. The lowest BCUT2D eigenvalue weighted by molar-refractivity contribution is 0.0386. The summed E-state index contributed by atoms with van der Waals surface area (Å²) in [5.74, 6) is 0.0908. The minimum atomic E-state index is -0.733. The average molecular weight is 283 g/mol. The van der Waals surface area contributed by atoms with Crippen LogP contribution in [0.3, 0.4) is 0 Å². The van der Waals surface area contributed by atoms with E-state index in [-0.39, 0.29) is 5.78 Å². The summed E-state index contributed by atoms with van der Waals surface area (Å²) in [7, 11) is 0. The van der Waals surface area contributed by atoms with Crippen LogP contribution in [0.15, 0.2) is 18.2 Å². The summed E-state index contributed by atoms with van der Waals surface area (Å²) in [5.41, 5.74) is 2.09. The van der Waals surface area contributed by atoms with Crippen molar-refractivity contribution in [1.29, 1.82) is 0 Å². The van der Waals surface area contributed by atoms with E-state index in [1.807, 2.05) is 25.1 Å². The lowest BCUT2D eigenvalue weighted by Crippen LogP contribution is -2.27. The van der Waals surface area contributed by atoms with Crippen LogP contribution in [0, 0.1) is 0 Å². The number of hydrogen-bond donors (Lipinski definition) is 1. The fourth-order valence-electron chi connectivity index (χ4n) is 2.33. The molecule has 1 aliphatic carbocycles. The second-order valence-corrected chi connectivity index (χ2v) is 5.12. The predicted octanol–water partition coefficient (Wildman–Crippen LogP) is 2.81. The molecule has 2 rings (SSSR count). The van der Waals surface area contributed by atoms with Crippen molar-refractivity contribution < 1.29 is 9.90 Å². The van der Waals surface area contributed by atoms with Crippen molar-refractivity contribution in [3.63, 3.8) is 0 Å². The number of rotatable bonds is 2. The SMILES string of the molecule is C[C@]1(O)CCCc2cc(C(=O)CBr)ccc21. The third-order valence-corrected chi connectivity index (χ3v) is 3.75. The topological polar surface area (TPSA) is 37.3 Å². The molecule has 0 saturated carbocycles. The molecule has 0 aliphatic heterocycles. The first kappa shape index (κ1) is 11.8. The highest BCUT2D eigenvalue weighted by atomic mass is 79.9. The van der Waals surface area contributed by atoms with E-state index in [0.29, 0.717) is 5.33 Å². The Hall–Kier alpha value is -0.670. The molecule has 0 fully saturated rings. The lowest BCUT2D eigenvalue weighted by atomic mass is 9.79. The standard InChI is InChI=1S/C13H15BrO2/c1-13(16)6-2-3-9-7-10(12(15)8-14)4-5-11(9)13/h4-5,7,16H,2-3,6,8H2,1H3/t13-/m0/s1. The summed E-state index contributed by atoms with van der Waals surface area (Å²) in [5, 5.41) is 10.6. The second-order valence-electron chi connectivity index (χ2n) is 4.56. The largest absolute Gasteiger partial charge is 0.385 e. The summed E-state index contributed by atoms with van der Waals surface area (Å²) in [6.45, 7) is 1.84. The molecule has 1 atom stereocenters. The van der Waals surface area contributed by atoms with E-state index in [9.17, 15) is 9.90 Å². The fraction of sp³-hybridized carbons (Fsp3) is 0.462. The van der Waals surface area contributed by atoms with Gasteiger partial charge < -0.3 is 5.11 Å². The molecular weight excluding hydrogens is 268 g/mol. The number of alkyl halides is 1. The first-order chi connectivity index (χ1) is 7.54. The molecule has 0 amide bonds. The molecule has 16 heavy (non-hydrogen) atoms. The number of carbonyl (C=O) groups excluding carboxylic acids is 1. The molecule has 2 nitrogen and oxygen atoms in total. The molecule has 0 heterocycles. The normalized spacial score (nSPS) is 23.9. The molecule has 0 radical (unpaired) electrons. The predicted molar refractivity (Wildman–Crippen MR) is 67.1 cm³/mol. The Balaban J connectivity index is 2.43. The number of hydrogen-bond acceptors (Lipinski definition) is 2.